The van der Waals surface area contributed by atoms with Gasteiger partial charge in [0.15, 0.2) is 5.58 Å². The second-order valence-corrected chi connectivity index (χ2v) is 4.09. The second kappa shape index (κ2) is 4.94. The van der Waals surface area contributed by atoms with Crippen molar-refractivity contribution < 1.29 is 13.8 Å². The summed E-state index contributed by atoms with van der Waals surface area (Å²) in [5, 5.41) is 19.7. The van der Waals surface area contributed by atoms with Crippen LogP contribution in [0, 0.1) is 21.4 Å². The highest BCUT2D eigenvalue weighted by Crippen LogP contribution is 2.24. The highest BCUT2D eigenvalue weighted by atomic mass is 16.6. The number of hydrogen-bond acceptors (Lipinski definition) is 6. The molecule has 3 aromatic rings. The lowest BCUT2D eigenvalue weighted by molar-refractivity contribution is -0.402. The zero-order chi connectivity index (χ0) is 14.8. The zero-order valence-corrected chi connectivity index (χ0v) is 10.5. The number of para-hydroxylation sites is 2. The summed E-state index contributed by atoms with van der Waals surface area (Å²) < 4.78 is 10.4. The molecule has 0 aliphatic carbocycles. The number of furan rings is 1. The lowest BCUT2D eigenvalue weighted by Crippen LogP contribution is -1.83. The molecule has 21 heavy (non-hydrogen) atoms. The van der Waals surface area contributed by atoms with Gasteiger partial charge in [-0.1, -0.05) is 12.1 Å². The van der Waals surface area contributed by atoms with E-state index >= 15 is 0 Å². The van der Waals surface area contributed by atoms with Crippen molar-refractivity contribution in [2.24, 2.45) is 0 Å². The standard InChI is InChI=1S/C14H7N3O4/c15-8-9(7-10-5-6-13(20-10)17(18)19)14-16-11-3-1-2-4-12(11)21-14/h1-7H/b9-7+. The number of nitro groups is 1. The number of fused-ring (bicyclic) bond motifs is 1. The molecule has 0 radical (unpaired) electrons. The van der Waals surface area contributed by atoms with Gasteiger partial charge in [0.05, 0.1) is 6.07 Å². The average Bonchev–Trinajstić information content (AvgIpc) is 3.11. The Morgan fingerprint density at radius 2 is 2.10 bits per heavy atom. The molecule has 0 bridgehead atoms. The van der Waals surface area contributed by atoms with Crippen LogP contribution in [-0.4, -0.2) is 9.91 Å². The number of hydrogen-bond donors (Lipinski definition) is 0. The Morgan fingerprint density at radius 1 is 1.29 bits per heavy atom. The number of nitrogens with zero attached hydrogens (tertiary/aromatic N) is 3. The zero-order valence-electron chi connectivity index (χ0n) is 10.5. The minimum Gasteiger partial charge on any atom is -0.435 e. The number of allylic oxidation sites excluding steroid dienone is 1. The van der Waals surface area contributed by atoms with Gasteiger partial charge in [0.1, 0.15) is 27.8 Å². The lowest BCUT2D eigenvalue weighted by Gasteiger charge is -1.89. The fourth-order valence-electron chi connectivity index (χ4n) is 1.79. The van der Waals surface area contributed by atoms with Crippen LogP contribution < -0.4 is 0 Å². The Bertz CT molecular complexity index is 865. The summed E-state index contributed by atoms with van der Waals surface area (Å²) in [6.07, 6.45) is 1.34. The first-order chi connectivity index (χ1) is 10.2. The van der Waals surface area contributed by atoms with Crippen molar-refractivity contribution >= 4 is 28.6 Å². The molecule has 2 heterocycles. The normalized spacial score (nSPS) is 11.5. The van der Waals surface area contributed by atoms with Crippen molar-refractivity contribution in [3.05, 3.63) is 58.2 Å². The molecule has 0 atom stereocenters. The van der Waals surface area contributed by atoms with Crippen LogP contribution >= 0.6 is 0 Å². The summed E-state index contributed by atoms with van der Waals surface area (Å²) in [7, 11) is 0. The third-order valence-electron chi connectivity index (χ3n) is 2.72. The Kier molecular flexibility index (Phi) is 2.97. The quantitative estimate of drug-likeness (QED) is 0.413. The van der Waals surface area contributed by atoms with Crippen LogP contribution in [0.5, 0.6) is 0 Å². The molecule has 7 nitrogen and oxygen atoms in total. The number of oxazole rings is 1. The fraction of sp³-hybridized carbons (Fsp3) is 0. The van der Waals surface area contributed by atoms with E-state index in [1.165, 1.54) is 18.2 Å². The lowest BCUT2D eigenvalue weighted by atomic mass is 10.2. The van der Waals surface area contributed by atoms with Crippen molar-refractivity contribution in [3.63, 3.8) is 0 Å². The molecule has 0 amide bonds. The van der Waals surface area contributed by atoms with E-state index in [0.29, 0.717) is 11.1 Å². The Hall–Kier alpha value is -3.40. The fourth-order valence-corrected chi connectivity index (χ4v) is 1.79. The molecule has 7 heteroatoms. The van der Waals surface area contributed by atoms with E-state index in [1.54, 1.807) is 24.3 Å². The molecule has 0 aliphatic rings. The molecule has 0 aliphatic heterocycles. The Morgan fingerprint density at radius 3 is 2.76 bits per heavy atom. The smallest absolute Gasteiger partial charge is 0.433 e. The van der Waals surface area contributed by atoms with Gasteiger partial charge < -0.3 is 8.83 Å². The van der Waals surface area contributed by atoms with Gasteiger partial charge in [0.2, 0.25) is 5.89 Å². The van der Waals surface area contributed by atoms with Gasteiger partial charge >= 0.3 is 5.88 Å². The third kappa shape index (κ3) is 2.37. The summed E-state index contributed by atoms with van der Waals surface area (Å²) in [6, 6.07) is 11.7. The number of benzene rings is 1. The first-order valence-electron chi connectivity index (χ1n) is 5.89. The van der Waals surface area contributed by atoms with Crippen LogP contribution in [0.25, 0.3) is 22.7 Å². The monoisotopic (exact) mass is 281 g/mol. The summed E-state index contributed by atoms with van der Waals surface area (Å²) in [5.74, 6) is -0.0747. The predicted octanol–water partition coefficient (Wildman–Crippen LogP) is 3.39. The maximum atomic E-state index is 10.6. The molecule has 3 rings (SSSR count). The largest absolute Gasteiger partial charge is 0.435 e. The molecule has 0 N–H and O–H groups in total. The van der Waals surface area contributed by atoms with Gasteiger partial charge in [0, 0.05) is 6.08 Å². The molecule has 0 saturated heterocycles. The van der Waals surface area contributed by atoms with Crippen molar-refractivity contribution in [2.45, 2.75) is 0 Å². The van der Waals surface area contributed by atoms with Gasteiger partial charge in [-0.25, -0.2) is 4.98 Å². The summed E-state index contributed by atoms with van der Waals surface area (Å²) in [5.41, 5.74) is 1.30. The predicted molar refractivity (Wildman–Crippen MR) is 72.9 cm³/mol. The summed E-state index contributed by atoms with van der Waals surface area (Å²) >= 11 is 0. The van der Waals surface area contributed by atoms with Crippen LogP contribution in [0.2, 0.25) is 0 Å². The number of nitriles is 1. The summed E-state index contributed by atoms with van der Waals surface area (Å²) in [6.45, 7) is 0. The SMILES string of the molecule is N#C/C(=C\c1ccc([N+](=O)[O-])o1)c1nc2ccccc2o1. The topological polar surface area (TPSA) is 106 Å². The molecule has 2 aromatic heterocycles. The highest BCUT2D eigenvalue weighted by molar-refractivity contribution is 5.88. The van der Waals surface area contributed by atoms with E-state index < -0.39 is 10.8 Å². The number of rotatable bonds is 3. The molecule has 102 valence electrons. The van der Waals surface area contributed by atoms with Gasteiger partial charge in [-0.2, -0.15) is 5.26 Å². The maximum absolute atomic E-state index is 10.6. The van der Waals surface area contributed by atoms with Crippen LogP contribution in [0.1, 0.15) is 11.7 Å². The van der Waals surface area contributed by atoms with E-state index in [9.17, 15) is 15.4 Å². The van der Waals surface area contributed by atoms with Gasteiger partial charge in [-0.3, -0.25) is 10.1 Å². The van der Waals surface area contributed by atoms with Gasteiger partial charge in [-0.05, 0) is 18.2 Å². The highest BCUT2D eigenvalue weighted by Gasteiger charge is 2.14. The average molecular weight is 281 g/mol. The van der Waals surface area contributed by atoms with Crippen molar-refractivity contribution in [1.82, 2.24) is 4.98 Å². The Balaban J connectivity index is 2.02. The van der Waals surface area contributed by atoms with Crippen LogP contribution in [0.15, 0.2) is 45.2 Å². The van der Waals surface area contributed by atoms with E-state index in [1.807, 2.05) is 6.07 Å². The molecular weight excluding hydrogens is 274 g/mol. The molecule has 0 fully saturated rings. The van der Waals surface area contributed by atoms with Crippen molar-refractivity contribution in [3.8, 4) is 6.07 Å². The molecule has 0 spiro atoms. The van der Waals surface area contributed by atoms with Crippen LogP contribution in [0.4, 0.5) is 5.88 Å². The summed E-state index contributed by atoms with van der Waals surface area (Å²) in [4.78, 5) is 14.1. The van der Waals surface area contributed by atoms with Gasteiger partial charge in [0.25, 0.3) is 0 Å². The van der Waals surface area contributed by atoms with Crippen molar-refractivity contribution in [1.29, 1.82) is 5.26 Å². The first-order valence-corrected chi connectivity index (χ1v) is 5.89. The molecule has 0 unspecified atom stereocenters. The van der Waals surface area contributed by atoms with Crippen molar-refractivity contribution in [2.75, 3.05) is 0 Å². The molecule has 0 saturated carbocycles. The first kappa shape index (κ1) is 12.6. The van der Waals surface area contributed by atoms with E-state index in [4.69, 9.17) is 8.83 Å². The number of aromatic nitrogens is 1. The van der Waals surface area contributed by atoms with Crippen LogP contribution in [0.3, 0.4) is 0 Å². The van der Waals surface area contributed by atoms with E-state index in [-0.39, 0.29) is 17.2 Å². The minimum absolute atomic E-state index is 0.121. The maximum Gasteiger partial charge on any atom is 0.433 e. The van der Waals surface area contributed by atoms with Crippen LogP contribution in [-0.2, 0) is 0 Å². The molecule has 1 aromatic carbocycles. The van der Waals surface area contributed by atoms with E-state index in [2.05, 4.69) is 4.98 Å². The van der Waals surface area contributed by atoms with E-state index in [0.717, 1.165) is 0 Å². The Labute approximate surface area is 117 Å². The van der Waals surface area contributed by atoms with Gasteiger partial charge in [-0.15, -0.1) is 0 Å². The minimum atomic E-state index is -0.650. The molecular formula is C14H7N3O4. The third-order valence-corrected chi connectivity index (χ3v) is 2.72. The second-order valence-electron chi connectivity index (χ2n) is 4.09.